The molecular formula is C12H8N6. The van der Waals surface area contributed by atoms with E-state index in [9.17, 15) is 0 Å². The van der Waals surface area contributed by atoms with E-state index < -0.39 is 0 Å². The fourth-order valence-corrected chi connectivity index (χ4v) is 1.44. The number of hydrogen-bond donors (Lipinski definition) is 0. The van der Waals surface area contributed by atoms with Crippen molar-refractivity contribution in [1.82, 2.24) is 29.9 Å². The number of nitrogens with zero attached hydrogens (tertiary/aromatic N) is 6. The summed E-state index contributed by atoms with van der Waals surface area (Å²) in [6, 6.07) is 5.25. The van der Waals surface area contributed by atoms with Gasteiger partial charge in [-0.25, -0.2) is 29.9 Å². The highest BCUT2D eigenvalue weighted by Gasteiger charge is 2.07. The second kappa shape index (κ2) is 4.62. The zero-order valence-electron chi connectivity index (χ0n) is 9.30. The fraction of sp³-hybridized carbons (Fsp3) is 0. The van der Waals surface area contributed by atoms with Crippen LogP contribution >= 0.6 is 0 Å². The molecule has 6 nitrogen and oxygen atoms in total. The van der Waals surface area contributed by atoms with Crippen LogP contribution < -0.4 is 0 Å². The second-order valence-corrected chi connectivity index (χ2v) is 3.41. The van der Waals surface area contributed by atoms with E-state index in [1.807, 2.05) is 0 Å². The van der Waals surface area contributed by atoms with Crippen molar-refractivity contribution < 1.29 is 0 Å². The molecule has 6 heteroatoms. The Morgan fingerprint density at radius 2 is 1.11 bits per heavy atom. The van der Waals surface area contributed by atoms with Crippen LogP contribution in [0.4, 0.5) is 0 Å². The predicted octanol–water partition coefficient (Wildman–Crippen LogP) is 1.39. The molecule has 0 aliphatic heterocycles. The summed E-state index contributed by atoms with van der Waals surface area (Å²) in [6.45, 7) is 0. The third-order valence-corrected chi connectivity index (χ3v) is 2.22. The van der Waals surface area contributed by atoms with Gasteiger partial charge in [0.1, 0.15) is 5.69 Å². The van der Waals surface area contributed by atoms with Gasteiger partial charge < -0.3 is 0 Å². The minimum Gasteiger partial charge on any atom is -0.235 e. The summed E-state index contributed by atoms with van der Waals surface area (Å²) in [5.41, 5.74) is 0.646. The first-order valence-corrected chi connectivity index (χ1v) is 5.31. The fourth-order valence-electron chi connectivity index (χ4n) is 1.44. The van der Waals surface area contributed by atoms with Gasteiger partial charge in [-0.1, -0.05) is 0 Å². The summed E-state index contributed by atoms with van der Waals surface area (Å²) in [7, 11) is 0. The molecule has 0 saturated heterocycles. The van der Waals surface area contributed by atoms with Crippen LogP contribution in [0.2, 0.25) is 0 Å². The minimum atomic E-state index is 0.459. The SMILES string of the molecule is c1cnc(-c2ccnc(-c3ncccn3)n2)nc1. The van der Waals surface area contributed by atoms with Gasteiger partial charge in [-0.15, -0.1) is 0 Å². The van der Waals surface area contributed by atoms with Gasteiger partial charge in [0.2, 0.25) is 0 Å². The summed E-state index contributed by atoms with van der Waals surface area (Å²) in [5.74, 6) is 1.49. The molecule has 0 atom stereocenters. The molecule has 3 rings (SSSR count). The topological polar surface area (TPSA) is 77.3 Å². The minimum absolute atomic E-state index is 0.459. The molecule has 0 aliphatic carbocycles. The quantitative estimate of drug-likeness (QED) is 0.669. The first-order valence-electron chi connectivity index (χ1n) is 5.31. The average molecular weight is 236 g/mol. The molecule has 3 aromatic rings. The van der Waals surface area contributed by atoms with Crippen LogP contribution in [-0.4, -0.2) is 29.9 Å². The van der Waals surface area contributed by atoms with Crippen LogP contribution in [0.3, 0.4) is 0 Å². The van der Waals surface area contributed by atoms with Gasteiger partial charge in [-0.3, -0.25) is 0 Å². The van der Waals surface area contributed by atoms with Crippen LogP contribution in [0.15, 0.2) is 49.2 Å². The first kappa shape index (κ1) is 10.4. The van der Waals surface area contributed by atoms with E-state index in [2.05, 4.69) is 29.9 Å². The lowest BCUT2D eigenvalue weighted by molar-refractivity contribution is 1.06. The van der Waals surface area contributed by atoms with E-state index in [4.69, 9.17) is 0 Å². The Labute approximate surface area is 103 Å². The van der Waals surface area contributed by atoms with Crippen LogP contribution in [0.1, 0.15) is 0 Å². The molecule has 0 saturated carbocycles. The normalized spacial score (nSPS) is 10.2. The van der Waals surface area contributed by atoms with Crippen molar-refractivity contribution >= 4 is 0 Å². The summed E-state index contributed by atoms with van der Waals surface area (Å²) >= 11 is 0. The lowest BCUT2D eigenvalue weighted by Crippen LogP contribution is -1.97. The van der Waals surface area contributed by atoms with E-state index in [-0.39, 0.29) is 0 Å². The molecule has 86 valence electrons. The highest BCUT2D eigenvalue weighted by molar-refractivity contribution is 5.52. The van der Waals surface area contributed by atoms with Crippen LogP contribution in [0.25, 0.3) is 23.2 Å². The Morgan fingerprint density at radius 3 is 1.78 bits per heavy atom. The van der Waals surface area contributed by atoms with Gasteiger partial charge in [0, 0.05) is 31.0 Å². The number of aromatic nitrogens is 6. The van der Waals surface area contributed by atoms with Crippen molar-refractivity contribution in [3.8, 4) is 23.2 Å². The molecule has 0 fully saturated rings. The third-order valence-electron chi connectivity index (χ3n) is 2.22. The van der Waals surface area contributed by atoms with Gasteiger partial charge in [-0.2, -0.15) is 0 Å². The smallest absolute Gasteiger partial charge is 0.198 e. The Morgan fingerprint density at radius 1 is 0.556 bits per heavy atom. The Hall–Kier alpha value is -2.76. The van der Waals surface area contributed by atoms with Crippen LogP contribution in [-0.2, 0) is 0 Å². The standard InChI is InChI=1S/C12H8N6/c1-4-13-10(14-5-1)9-3-8-17-12(18-9)11-15-6-2-7-16-11/h1-8H. The average Bonchev–Trinajstić information content (AvgIpc) is 2.49. The number of hydrogen-bond acceptors (Lipinski definition) is 6. The molecule has 0 aliphatic rings. The van der Waals surface area contributed by atoms with E-state index in [0.717, 1.165) is 0 Å². The summed E-state index contributed by atoms with van der Waals surface area (Å²) in [4.78, 5) is 25.0. The Kier molecular flexibility index (Phi) is 2.67. The van der Waals surface area contributed by atoms with Crippen molar-refractivity contribution in [3.63, 3.8) is 0 Å². The molecule has 0 unspecified atom stereocenters. The molecule has 0 bridgehead atoms. The van der Waals surface area contributed by atoms with Gasteiger partial charge in [0.15, 0.2) is 17.5 Å². The summed E-state index contributed by atoms with van der Waals surface area (Å²) in [6.07, 6.45) is 8.28. The molecule has 0 spiro atoms. The van der Waals surface area contributed by atoms with Gasteiger partial charge in [0.25, 0.3) is 0 Å². The van der Waals surface area contributed by atoms with Crippen LogP contribution in [0.5, 0.6) is 0 Å². The van der Waals surface area contributed by atoms with E-state index in [0.29, 0.717) is 23.2 Å². The third kappa shape index (κ3) is 2.03. The van der Waals surface area contributed by atoms with Crippen molar-refractivity contribution in [2.45, 2.75) is 0 Å². The second-order valence-electron chi connectivity index (χ2n) is 3.41. The first-order chi connectivity index (χ1) is 8.93. The van der Waals surface area contributed by atoms with Crippen molar-refractivity contribution in [2.24, 2.45) is 0 Å². The van der Waals surface area contributed by atoms with Crippen molar-refractivity contribution in [1.29, 1.82) is 0 Å². The Balaban J connectivity index is 2.05. The molecule has 18 heavy (non-hydrogen) atoms. The summed E-state index contributed by atoms with van der Waals surface area (Å²) < 4.78 is 0. The number of rotatable bonds is 2. The van der Waals surface area contributed by atoms with Gasteiger partial charge in [-0.05, 0) is 18.2 Å². The molecule has 3 aromatic heterocycles. The maximum absolute atomic E-state index is 4.35. The molecule has 0 amide bonds. The molecule has 3 heterocycles. The van der Waals surface area contributed by atoms with Crippen molar-refractivity contribution in [2.75, 3.05) is 0 Å². The molecular weight excluding hydrogens is 228 g/mol. The highest BCUT2D eigenvalue weighted by atomic mass is 15.0. The molecule has 0 N–H and O–H groups in total. The van der Waals surface area contributed by atoms with Gasteiger partial charge >= 0.3 is 0 Å². The molecule has 0 radical (unpaired) electrons. The van der Waals surface area contributed by atoms with E-state index >= 15 is 0 Å². The monoisotopic (exact) mass is 236 g/mol. The lowest BCUT2D eigenvalue weighted by atomic mass is 10.3. The van der Waals surface area contributed by atoms with Crippen molar-refractivity contribution in [3.05, 3.63) is 49.2 Å². The van der Waals surface area contributed by atoms with E-state index in [1.54, 1.807) is 49.2 Å². The largest absolute Gasteiger partial charge is 0.235 e. The maximum atomic E-state index is 4.35. The Bertz CT molecular complexity index is 586. The highest BCUT2D eigenvalue weighted by Crippen LogP contribution is 2.13. The lowest BCUT2D eigenvalue weighted by Gasteiger charge is -2.00. The maximum Gasteiger partial charge on any atom is 0.198 e. The van der Waals surface area contributed by atoms with Crippen LogP contribution in [0, 0.1) is 0 Å². The van der Waals surface area contributed by atoms with E-state index in [1.165, 1.54) is 0 Å². The van der Waals surface area contributed by atoms with Gasteiger partial charge in [0.05, 0.1) is 0 Å². The molecule has 0 aromatic carbocycles. The summed E-state index contributed by atoms with van der Waals surface area (Å²) in [5, 5.41) is 0. The predicted molar refractivity (Wildman–Crippen MR) is 64.1 cm³/mol. The zero-order valence-corrected chi connectivity index (χ0v) is 9.30. The zero-order chi connectivity index (χ0) is 12.2.